The van der Waals surface area contributed by atoms with Crippen molar-refractivity contribution in [2.45, 2.75) is 36.7 Å². The van der Waals surface area contributed by atoms with Crippen LogP contribution in [0.5, 0.6) is 17.2 Å². The molecule has 0 saturated carbocycles. The average Bonchev–Trinajstić information content (AvgIpc) is 3.63. The van der Waals surface area contributed by atoms with Gasteiger partial charge in [0.2, 0.25) is 6.79 Å². The van der Waals surface area contributed by atoms with E-state index in [9.17, 15) is 18.3 Å². The first-order chi connectivity index (χ1) is 19.1. The summed E-state index contributed by atoms with van der Waals surface area (Å²) in [6.45, 7) is 5.42. The van der Waals surface area contributed by atoms with Gasteiger partial charge >= 0.3 is 0 Å². The summed E-state index contributed by atoms with van der Waals surface area (Å²) in [6.07, 6.45) is -0.284. The molecule has 40 heavy (non-hydrogen) atoms. The molecule has 3 atom stereocenters. The quantitative estimate of drug-likeness (QED) is 0.390. The van der Waals surface area contributed by atoms with Gasteiger partial charge in [0.25, 0.3) is 15.9 Å². The van der Waals surface area contributed by atoms with Crippen LogP contribution >= 0.6 is 11.3 Å². The van der Waals surface area contributed by atoms with Crippen molar-refractivity contribution < 1.29 is 32.5 Å². The fraction of sp³-hybridized carbons (Fsp3) is 0.393. The number of nitrogens with one attached hydrogen (secondary N) is 1. The van der Waals surface area contributed by atoms with Gasteiger partial charge < -0.3 is 24.2 Å². The number of nitrogens with zero attached hydrogens (tertiary/aromatic N) is 2. The van der Waals surface area contributed by atoms with Gasteiger partial charge in [-0.25, -0.2) is 8.42 Å². The third-order valence-corrected chi connectivity index (χ3v) is 9.84. The van der Waals surface area contributed by atoms with E-state index in [0.717, 1.165) is 28.4 Å². The smallest absolute Gasteiger partial charge is 0.271 e. The Labute approximate surface area is 238 Å². The number of carbonyl (C=O) groups excluding carboxylic acids is 1. The predicted octanol–water partition coefficient (Wildman–Crippen LogP) is 3.63. The van der Waals surface area contributed by atoms with E-state index in [1.165, 1.54) is 12.1 Å². The Balaban J connectivity index is 1.40. The molecule has 0 radical (unpaired) electrons. The highest BCUT2D eigenvalue weighted by molar-refractivity contribution is 7.94. The van der Waals surface area contributed by atoms with Crippen LogP contribution < -0.4 is 18.9 Å². The Morgan fingerprint density at radius 2 is 1.93 bits per heavy atom. The lowest BCUT2D eigenvalue weighted by Crippen LogP contribution is -2.49. The van der Waals surface area contributed by atoms with Crippen LogP contribution in [0, 0.1) is 5.92 Å². The molecule has 3 aromatic rings. The second kappa shape index (κ2) is 11.7. The number of thiophene rings is 1. The number of hydrogen-bond acceptors (Lipinski definition) is 9. The molecule has 214 valence electrons. The molecular weight excluding hydrogens is 554 g/mol. The van der Waals surface area contributed by atoms with Crippen LogP contribution in [0.15, 0.2) is 58.1 Å². The lowest BCUT2D eigenvalue weighted by Gasteiger charge is -2.38. The van der Waals surface area contributed by atoms with Crippen LogP contribution in [-0.2, 0) is 16.6 Å². The van der Waals surface area contributed by atoms with E-state index in [4.69, 9.17) is 14.2 Å². The van der Waals surface area contributed by atoms with Gasteiger partial charge in [-0.2, -0.15) is 0 Å². The van der Waals surface area contributed by atoms with Crippen LogP contribution in [0.2, 0.25) is 0 Å². The number of fused-ring (bicyclic) bond motifs is 2. The van der Waals surface area contributed by atoms with E-state index in [-0.39, 0.29) is 46.8 Å². The lowest BCUT2D eigenvalue weighted by atomic mass is 9.99. The van der Waals surface area contributed by atoms with Crippen molar-refractivity contribution in [3.63, 3.8) is 0 Å². The van der Waals surface area contributed by atoms with Crippen molar-refractivity contribution in [2.75, 3.05) is 38.3 Å². The summed E-state index contributed by atoms with van der Waals surface area (Å²) in [4.78, 5) is 17.4. The highest BCUT2D eigenvalue weighted by Crippen LogP contribution is 2.34. The van der Waals surface area contributed by atoms with Crippen molar-refractivity contribution >= 4 is 33.0 Å². The predicted molar refractivity (Wildman–Crippen MR) is 152 cm³/mol. The summed E-state index contributed by atoms with van der Waals surface area (Å²) in [7, 11) is -1.79. The molecule has 2 aromatic carbocycles. The number of benzene rings is 2. The lowest BCUT2D eigenvalue weighted by molar-refractivity contribution is 0.0341. The Kier molecular flexibility index (Phi) is 8.22. The van der Waals surface area contributed by atoms with Gasteiger partial charge in [-0.05, 0) is 61.3 Å². The molecule has 2 aliphatic rings. The molecule has 12 heteroatoms. The minimum atomic E-state index is -3.79. The molecule has 2 N–H and O–H groups in total. The molecule has 0 bridgehead atoms. The van der Waals surface area contributed by atoms with E-state index in [1.807, 2.05) is 32.2 Å². The van der Waals surface area contributed by atoms with Gasteiger partial charge in [0.05, 0.1) is 18.2 Å². The van der Waals surface area contributed by atoms with Gasteiger partial charge in [-0.3, -0.25) is 14.4 Å². The summed E-state index contributed by atoms with van der Waals surface area (Å²) < 4.78 is 45.7. The van der Waals surface area contributed by atoms with Crippen LogP contribution in [0.4, 0.5) is 5.69 Å². The van der Waals surface area contributed by atoms with Crippen molar-refractivity contribution in [2.24, 2.45) is 5.92 Å². The molecule has 5 rings (SSSR count). The Morgan fingerprint density at radius 3 is 2.67 bits per heavy atom. The van der Waals surface area contributed by atoms with E-state index >= 15 is 0 Å². The zero-order valence-corrected chi connectivity index (χ0v) is 24.2. The summed E-state index contributed by atoms with van der Waals surface area (Å²) >= 11 is 1.11. The third kappa shape index (κ3) is 6.04. The molecule has 2 aliphatic heterocycles. The first-order valence-corrected chi connectivity index (χ1v) is 15.4. The second-order valence-electron chi connectivity index (χ2n) is 10.3. The van der Waals surface area contributed by atoms with Crippen LogP contribution in [-0.4, -0.2) is 74.9 Å². The fourth-order valence-electron chi connectivity index (χ4n) is 4.85. The summed E-state index contributed by atoms with van der Waals surface area (Å²) in [5.74, 6) is 1.45. The van der Waals surface area contributed by atoms with Crippen molar-refractivity contribution in [3.05, 3.63) is 65.0 Å². The zero-order valence-electron chi connectivity index (χ0n) is 22.6. The van der Waals surface area contributed by atoms with E-state index in [0.29, 0.717) is 25.4 Å². The SMILES string of the molecule is C[C@H](CO)N1C[C@H](C)[C@H](CN(C)Cc2ccc3c(c2)OCO3)Oc2ccc(NS(=O)(=O)c3cccs3)cc2C1=O. The van der Waals surface area contributed by atoms with Gasteiger partial charge in [-0.1, -0.05) is 19.1 Å². The monoisotopic (exact) mass is 587 g/mol. The highest BCUT2D eigenvalue weighted by atomic mass is 32.2. The maximum atomic E-state index is 13.7. The number of rotatable bonds is 9. The first-order valence-electron chi connectivity index (χ1n) is 13.0. The number of ether oxygens (including phenoxy) is 3. The minimum Gasteiger partial charge on any atom is -0.488 e. The third-order valence-electron chi connectivity index (χ3n) is 7.06. The van der Waals surface area contributed by atoms with Crippen molar-refractivity contribution in [1.29, 1.82) is 0 Å². The number of carbonyl (C=O) groups is 1. The number of sulfonamides is 1. The summed E-state index contributed by atoms with van der Waals surface area (Å²) in [5, 5.41) is 11.6. The number of hydrogen-bond donors (Lipinski definition) is 2. The Morgan fingerprint density at radius 1 is 1.15 bits per heavy atom. The van der Waals surface area contributed by atoms with Crippen LogP contribution in [0.1, 0.15) is 29.8 Å². The minimum absolute atomic E-state index is 0.0534. The molecule has 0 spiro atoms. The number of aliphatic hydroxyl groups excluding tert-OH is 1. The van der Waals surface area contributed by atoms with E-state index < -0.39 is 16.1 Å². The van der Waals surface area contributed by atoms with Crippen molar-refractivity contribution in [1.82, 2.24) is 9.80 Å². The maximum Gasteiger partial charge on any atom is 0.271 e. The topological polar surface area (TPSA) is 118 Å². The number of likely N-dealkylation sites (N-methyl/N-ethyl adjacent to an activating group) is 1. The maximum absolute atomic E-state index is 13.7. The number of aliphatic hydroxyl groups is 1. The molecule has 0 saturated heterocycles. The van der Waals surface area contributed by atoms with Crippen LogP contribution in [0.3, 0.4) is 0 Å². The molecule has 1 amide bonds. The molecule has 10 nitrogen and oxygen atoms in total. The largest absolute Gasteiger partial charge is 0.488 e. The summed E-state index contributed by atoms with van der Waals surface area (Å²) in [6, 6.07) is 13.4. The molecule has 3 heterocycles. The molecular formula is C28H33N3O7S2. The normalized spacial score (nSPS) is 19.5. The molecule has 1 aromatic heterocycles. The van der Waals surface area contributed by atoms with Gasteiger partial charge in [0.1, 0.15) is 16.1 Å². The number of amides is 1. The van der Waals surface area contributed by atoms with E-state index in [1.54, 1.807) is 35.4 Å². The van der Waals surface area contributed by atoms with Gasteiger partial charge in [0, 0.05) is 31.2 Å². The molecule has 0 aliphatic carbocycles. The Hall–Kier alpha value is -3.32. The molecule has 0 fully saturated rings. The van der Waals surface area contributed by atoms with Gasteiger partial charge in [0.15, 0.2) is 11.5 Å². The first kappa shape index (κ1) is 28.2. The summed E-state index contributed by atoms with van der Waals surface area (Å²) in [5.41, 5.74) is 1.56. The fourth-order valence-corrected chi connectivity index (χ4v) is 6.89. The average molecular weight is 588 g/mol. The van der Waals surface area contributed by atoms with E-state index in [2.05, 4.69) is 9.62 Å². The second-order valence-corrected chi connectivity index (χ2v) is 13.1. The molecule has 0 unspecified atom stereocenters. The zero-order chi connectivity index (χ0) is 28.4. The Bertz CT molecular complexity index is 1460. The van der Waals surface area contributed by atoms with Crippen molar-refractivity contribution in [3.8, 4) is 17.2 Å². The van der Waals surface area contributed by atoms with Gasteiger partial charge in [-0.15, -0.1) is 11.3 Å². The standard InChI is InChI=1S/C28H33N3O7S2/c1-18-13-31(19(2)16-32)28(33)22-12-21(29-40(34,35)27-5-4-10-39-27)7-9-23(22)38-26(18)15-30(3)14-20-6-8-24-25(11-20)37-17-36-24/h4-12,18-19,26,29,32H,13-17H2,1-3H3/t18-,19+,26-/m0/s1. The van der Waals surface area contributed by atoms with Crippen LogP contribution in [0.25, 0.3) is 0 Å². The number of anilines is 1. The highest BCUT2D eigenvalue weighted by Gasteiger charge is 2.34.